The molecule has 0 fully saturated rings. The molecule has 1 atom stereocenters. The van der Waals surface area contributed by atoms with Gasteiger partial charge in [0.15, 0.2) is 0 Å². The van der Waals surface area contributed by atoms with Gasteiger partial charge in [0.1, 0.15) is 17.7 Å². The number of carbonyl (C=O) groups is 1. The van der Waals surface area contributed by atoms with Crippen LogP contribution in [0.15, 0.2) is 39.3 Å². The molecule has 0 aliphatic carbocycles. The molecule has 116 valence electrons. The molecule has 0 aliphatic rings. The summed E-state index contributed by atoms with van der Waals surface area (Å²) in [6.07, 6.45) is -1.36. The molecule has 3 nitrogen and oxygen atoms in total. The number of aliphatic hydroxyl groups excluding tert-OH is 1. The lowest BCUT2D eigenvalue weighted by molar-refractivity contribution is 0.0600. The van der Waals surface area contributed by atoms with Gasteiger partial charge in [-0.25, -0.2) is 13.6 Å². The standard InChI is InChI=1S/C15H10Br2F2O3/c1-22-15(21)8-2-7(3-9(16)4-8)14(20)10-5-11(17)13(19)6-12(10)18/h2-6,14,20H,1H3. The molecular weight excluding hydrogens is 426 g/mol. The number of methoxy groups -OCH3 is 1. The lowest BCUT2D eigenvalue weighted by Gasteiger charge is -2.15. The van der Waals surface area contributed by atoms with Crippen molar-refractivity contribution in [3.8, 4) is 0 Å². The molecule has 0 amide bonds. The number of carbonyl (C=O) groups excluding carboxylic acids is 1. The maximum absolute atomic E-state index is 13.9. The minimum absolute atomic E-state index is 0.0335. The molecule has 0 spiro atoms. The van der Waals surface area contributed by atoms with E-state index in [1.54, 1.807) is 0 Å². The highest BCUT2D eigenvalue weighted by Crippen LogP contribution is 2.30. The van der Waals surface area contributed by atoms with Crippen LogP contribution in [0.2, 0.25) is 0 Å². The van der Waals surface area contributed by atoms with Crippen molar-refractivity contribution in [1.29, 1.82) is 0 Å². The fraction of sp³-hybridized carbons (Fsp3) is 0.133. The van der Waals surface area contributed by atoms with Crippen molar-refractivity contribution in [2.75, 3.05) is 7.11 Å². The van der Waals surface area contributed by atoms with E-state index in [-0.39, 0.29) is 21.2 Å². The van der Waals surface area contributed by atoms with E-state index >= 15 is 0 Å². The maximum atomic E-state index is 13.9. The molecule has 0 radical (unpaired) electrons. The van der Waals surface area contributed by atoms with Crippen molar-refractivity contribution >= 4 is 37.8 Å². The molecule has 0 saturated heterocycles. The highest BCUT2D eigenvalue weighted by molar-refractivity contribution is 9.10. The molecular formula is C15H10Br2F2O3. The lowest BCUT2D eigenvalue weighted by Crippen LogP contribution is -2.07. The van der Waals surface area contributed by atoms with Gasteiger partial charge >= 0.3 is 5.97 Å². The van der Waals surface area contributed by atoms with E-state index in [0.29, 0.717) is 10.5 Å². The first-order valence-corrected chi connectivity index (χ1v) is 7.63. The zero-order valence-electron chi connectivity index (χ0n) is 11.2. The second-order valence-electron chi connectivity index (χ2n) is 4.46. The molecule has 2 aromatic rings. The van der Waals surface area contributed by atoms with E-state index in [1.807, 2.05) is 0 Å². The highest BCUT2D eigenvalue weighted by Gasteiger charge is 2.20. The summed E-state index contributed by atoms with van der Waals surface area (Å²) in [6.45, 7) is 0. The van der Waals surface area contributed by atoms with Crippen molar-refractivity contribution in [2.24, 2.45) is 0 Å². The van der Waals surface area contributed by atoms with Gasteiger partial charge in [-0.2, -0.15) is 0 Å². The largest absolute Gasteiger partial charge is 0.465 e. The van der Waals surface area contributed by atoms with Crippen LogP contribution in [0.5, 0.6) is 0 Å². The Hall–Kier alpha value is -1.31. The van der Waals surface area contributed by atoms with Crippen LogP contribution in [0.1, 0.15) is 27.6 Å². The third kappa shape index (κ3) is 3.53. The van der Waals surface area contributed by atoms with E-state index in [2.05, 4.69) is 36.6 Å². The third-order valence-corrected chi connectivity index (χ3v) is 4.06. The molecule has 22 heavy (non-hydrogen) atoms. The Morgan fingerprint density at radius 2 is 1.82 bits per heavy atom. The van der Waals surface area contributed by atoms with Gasteiger partial charge in [0.2, 0.25) is 0 Å². The van der Waals surface area contributed by atoms with Gasteiger partial charge in [-0.3, -0.25) is 0 Å². The van der Waals surface area contributed by atoms with Crippen molar-refractivity contribution in [3.05, 3.63) is 67.6 Å². The molecule has 0 bridgehead atoms. The summed E-state index contributed by atoms with van der Waals surface area (Å²) in [5.41, 5.74) is 0.363. The first-order chi connectivity index (χ1) is 10.3. The number of hydrogen-bond acceptors (Lipinski definition) is 3. The molecule has 0 aliphatic heterocycles. The van der Waals surface area contributed by atoms with Gasteiger partial charge in [-0.1, -0.05) is 15.9 Å². The summed E-state index contributed by atoms with van der Waals surface area (Å²) in [5, 5.41) is 10.3. The minimum atomic E-state index is -1.36. The Labute approximate surface area is 142 Å². The van der Waals surface area contributed by atoms with Crippen molar-refractivity contribution in [1.82, 2.24) is 0 Å². The first kappa shape index (κ1) is 17.1. The topological polar surface area (TPSA) is 46.5 Å². The summed E-state index contributed by atoms with van der Waals surface area (Å²) < 4.78 is 32.3. The van der Waals surface area contributed by atoms with E-state index in [9.17, 15) is 18.7 Å². The lowest BCUT2D eigenvalue weighted by atomic mass is 9.99. The number of hydrogen-bond donors (Lipinski definition) is 1. The quantitative estimate of drug-likeness (QED) is 0.575. The van der Waals surface area contributed by atoms with Gasteiger partial charge in [0.25, 0.3) is 0 Å². The SMILES string of the molecule is COC(=O)c1cc(Br)cc(C(O)c2cc(Br)c(F)cc2F)c1. The number of halogens is 4. The van der Waals surface area contributed by atoms with Gasteiger partial charge in [-0.05, 0) is 45.8 Å². The highest BCUT2D eigenvalue weighted by atomic mass is 79.9. The molecule has 2 aromatic carbocycles. The summed E-state index contributed by atoms with van der Waals surface area (Å²) in [6, 6.07) is 6.28. The van der Waals surface area contributed by atoms with Crippen LogP contribution >= 0.6 is 31.9 Å². The van der Waals surface area contributed by atoms with E-state index < -0.39 is 23.7 Å². The summed E-state index contributed by atoms with van der Waals surface area (Å²) in [4.78, 5) is 11.6. The van der Waals surface area contributed by atoms with Crippen LogP contribution in [0, 0.1) is 11.6 Å². The Morgan fingerprint density at radius 1 is 1.14 bits per heavy atom. The van der Waals surface area contributed by atoms with E-state index in [1.165, 1.54) is 25.3 Å². The van der Waals surface area contributed by atoms with Gasteiger partial charge in [-0.15, -0.1) is 0 Å². The van der Waals surface area contributed by atoms with Crippen LogP contribution in [-0.2, 0) is 4.74 Å². The normalized spacial score (nSPS) is 12.1. The minimum Gasteiger partial charge on any atom is -0.465 e. The molecule has 2 rings (SSSR count). The van der Waals surface area contributed by atoms with Gasteiger partial charge in [0, 0.05) is 16.1 Å². The third-order valence-electron chi connectivity index (χ3n) is 2.99. The Balaban J connectivity index is 2.50. The van der Waals surface area contributed by atoms with Gasteiger partial charge in [0.05, 0.1) is 17.1 Å². The maximum Gasteiger partial charge on any atom is 0.337 e. The van der Waals surface area contributed by atoms with Crippen LogP contribution in [0.4, 0.5) is 8.78 Å². The van der Waals surface area contributed by atoms with Crippen molar-refractivity contribution < 1.29 is 23.4 Å². The fourth-order valence-electron chi connectivity index (χ4n) is 1.93. The van der Waals surface area contributed by atoms with E-state index in [0.717, 1.165) is 6.07 Å². The number of benzene rings is 2. The average molecular weight is 436 g/mol. The van der Waals surface area contributed by atoms with Crippen LogP contribution in [0.3, 0.4) is 0 Å². The number of esters is 1. The smallest absolute Gasteiger partial charge is 0.337 e. The number of rotatable bonds is 3. The average Bonchev–Trinajstić information content (AvgIpc) is 2.48. The zero-order valence-corrected chi connectivity index (χ0v) is 14.4. The second kappa shape index (κ2) is 6.85. The van der Waals surface area contributed by atoms with Gasteiger partial charge < -0.3 is 9.84 Å². The fourth-order valence-corrected chi connectivity index (χ4v) is 2.80. The summed E-state index contributed by atoms with van der Waals surface area (Å²) in [7, 11) is 1.23. The first-order valence-electron chi connectivity index (χ1n) is 6.04. The molecule has 0 heterocycles. The molecule has 1 unspecified atom stereocenters. The summed E-state index contributed by atoms with van der Waals surface area (Å²) >= 11 is 6.16. The van der Waals surface area contributed by atoms with E-state index in [4.69, 9.17) is 0 Å². The Kier molecular flexibility index (Phi) is 5.31. The zero-order chi connectivity index (χ0) is 16.4. The van der Waals surface area contributed by atoms with Crippen LogP contribution in [-0.4, -0.2) is 18.2 Å². The number of aliphatic hydroxyl groups is 1. The molecule has 1 N–H and O–H groups in total. The molecule has 7 heteroatoms. The monoisotopic (exact) mass is 434 g/mol. The van der Waals surface area contributed by atoms with Crippen molar-refractivity contribution in [2.45, 2.75) is 6.10 Å². The van der Waals surface area contributed by atoms with Crippen LogP contribution < -0.4 is 0 Å². The second-order valence-corrected chi connectivity index (χ2v) is 6.23. The number of ether oxygens (including phenoxy) is 1. The molecule has 0 saturated carbocycles. The predicted octanol–water partition coefficient (Wildman–Crippen LogP) is 4.36. The Bertz CT molecular complexity index is 735. The summed E-state index contributed by atoms with van der Waals surface area (Å²) in [5.74, 6) is -2.23. The molecule has 0 aromatic heterocycles. The predicted molar refractivity (Wildman–Crippen MR) is 83.6 cm³/mol. The van der Waals surface area contributed by atoms with Crippen molar-refractivity contribution in [3.63, 3.8) is 0 Å². The Morgan fingerprint density at radius 3 is 2.45 bits per heavy atom. The van der Waals surface area contributed by atoms with Crippen LogP contribution in [0.25, 0.3) is 0 Å².